The Labute approximate surface area is 104 Å². The average molecular weight is 236 g/mol. The van der Waals surface area contributed by atoms with Crippen LogP contribution in [0.15, 0.2) is 22.8 Å². The van der Waals surface area contributed by atoms with Crippen molar-refractivity contribution in [3.8, 4) is 0 Å². The molecule has 0 bridgehead atoms. The molecule has 0 aromatic carbocycles. The summed E-state index contributed by atoms with van der Waals surface area (Å²) in [5.41, 5.74) is 2.95. The molecule has 0 spiro atoms. The molecule has 1 unspecified atom stereocenters. The Hall–Kier alpha value is -0.800. The number of nitrogens with two attached hydrogens (primary N) is 1. The van der Waals surface area contributed by atoms with Gasteiger partial charge in [-0.05, 0) is 24.5 Å². The number of furan rings is 1. The fourth-order valence-corrected chi connectivity index (χ4v) is 2.88. The van der Waals surface area contributed by atoms with Gasteiger partial charge in [-0.25, -0.2) is 0 Å². The predicted molar refractivity (Wildman–Crippen MR) is 69.3 cm³/mol. The van der Waals surface area contributed by atoms with E-state index in [1.54, 1.807) is 6.26 Å². The molecule has 1 aromatic heterocycles. The maximum atomic E-state index is 5.65. The van der Waals surface area contributed by atoms with Crippen LogP contribution in [0, 0.1) is 5.92 Å². The van der Waals surface area contributed by atoms with Gasteiger partial charge in [0.15, 0.2) is 0 Å². The van der Waals surface area contributed by atoms with E-state index in [2.05, 4.69) is 5.43 Å². The lowest BCUT2D eigenvalue weighted by atomic mass is 9.91. The van der Waals surface area contributed by atoms with Crippen LogP contribution in [-0.4, -0.2) is 6.04 Å². The monoisotopic (exact) mass is 236 g/mol. The summed E-state index contributed by atoms with van der Waals surface area (Å²) in [6, 6.07) is 4.32. The number of hydrogen-bond donors (Lipinski definition) is 2. The summed E-state index contributed by atoms with van der Waals surface area (Å²) < 4.78 is 5.38. The van der Waals surface area contributed by atoms with E-state index >= 15 is 0 Å². The van der Waals surface area contributed by atoms with Gasteiger partial charge in [-0.3, -0.25) is 11.3 Å². The first-order chi connectivity index (χ1) is 8.38. The molecule has 2 rings (SSSR count). The second-order valence-corrected chi connectivity index (χ2v) is 5.24. The first kappa shape index (κ1) is 12.7. The standard InChI is InChI=1S/C14H24N2O/c15-16-13(11-14-8-5-9-17-14)10-12-6-3-1-2-4-7-12/h5,8-9,12-13,16H,1-4,6-7,10-11,15H2. The molecule has 17 heavy (non-hydrogen) atoms. The minimum Gasteiger partial charge on any atom is -0.469 e. The van der Waals surface area contributed by atoms with Gasteiger partial charge in [0.2, 0.25) is 0 Å². The number of nitrogens with one attached hydrogen (secondary N) is 1. The maximum absolute atomic E-state index is 5.65. The molecule has 1 saturated carbocycles. The highest BCUT2D eigenvalue weighted by Crippen LogP contribution is 2.27. The summed E-state index contributed by atoms with van der Waals surface area (Å²) in [7, 11) is 0. The van der Waals surface area contributed by atoms with Gasteiger partial charge in [-0.15, -0.1) is 0 Å². The maximum Gasteiger partial charge on any atom is 0.105 e. The molecule has 3 N–H and O–H groups in total. The van der Waals surface area contributed by atoms with E-state index in [0.717, 1.165) is 18.1 Å². The van der Waals surface area contributed by atoms with Crippen molar-refractivity contribution in [1.82, 2.24) is 5.43 Å². The van der Waals surface area contributed by atoms with Gasteiger partial charge in [0.05, 0.1) is 6.26 Å². The summed E-state index contributed by atoms with van der Waals surface area (Å²) in [5.74, 6) is 7.52. The molecule has 1 atom stereocenters. The molecular formula is C14H24N2O. The number of hydrogen-bond acceptors (Lipinski definition) is 3. The van der Waals surface area contributed by atoms with Crippen LogP contribution in [0.1, 0.15) is 50.7 Å². The molecule has 1 aliphatic rings. The van der Waals surface area contributed by atoms with Crippen molar-refractivity contribution in [2.45, 2.75) is 57.4 Å². The molecule has 1 aliphatic carbocycles. The second kappa shape index (κ2) is 6.82. The lowest BCUT2D eigenvalue weighted by Gasteiger charge is -2.21. The van der Waals surface area contributed by atoms with Crippen LogP contribution in [0.5, 0.6) is 0 Å². The highest BCUT2D eigenvalue weighted by molar-refractivity contribution is 5.00. The lowest BCUT2D eigenvalue weighted by Crippen LogP contribution is -2.38. The summed E-state index contributed by atoms with van der Waals surface area (Å²) in [6.07, 6.45) is 12.2. The van der Waals surface area contributed by atoms with Crippen LogP contribution in [0.2, 0.25) is 0 Å². The van der Waals surface area contributed by atoms with E-state index in [1.807, 2.05) is 12.1 Å². The molecule has 0 radical (unpaired) electrons. The largest absolute Gasteiger partial charge is 0.469 e. The zero-order valence-corrected chi connectivity index (χ0v) is 10.5. The SMILES string of the molecule is NNC(Cc1ccco1)CC1CCCCCC1. The van der Waals surface area contributed by atoms with Crippen molar-refractivity contribution in [3.63, 3.8) is 0 Å². The molecule has 3 nitrogen and oxygen atoms in total. The number of rotatable bonds is 5. The van der Waals surface area contributed by atoms with Crippen molar-refractivity contribution in [2.75, 3.05) is 0 Å². The van der Waals surface area contributed by atoms with Crippen LogP contribution in [0.4, 0.5) is 0 Å². The quantitative estimate of drug-likeness (QED) is 0.469. The first-order valence-corrected chi connectivity index (χ1v) is 6.87. The fraction of sp³-hybridized carbons (Fsp3) is 0.714. The number of hydrazine groups is 1. The molecule has 1 aromatic rings. The minimum atomic E-state index is 0.351. The Kier molecular flexibility index (Phi) is 5.08. The van der Waals surface area contributed by atoms with Gasteiger partial charge in [0, 0.05) is 12.5 Å². The summed E-state index contributed by atoms with van der Waals surface area (Å²) in [4.78, 5) is 0. The minimum absolute atomic E-state index is 0.351. The second-order valence-electron chi connectivity index (χ2n) is 5.24. The van der Waals surface area contributed by atoms with Crippen molar-refractivity contribution >= 4 is 0 Å². The Morgan fingerprint density at radius 1 is 1.29 bits per heavy atom. The third-order valence-corrected chi connectivity index (χ3v) is 3.86. The zero-order chi connectivity index (χ0) is 11.9. The van der Waals surface area contributed by atoms with E-state index in [1.165, 1.54) is 44.9 Å². The Morgan fingerprint density at radius 2 is 2.06 bits per heavy atom. The van der Waals surface area contributed by atoms with Crippen LogP contribution < -0.4 is 11.3 Å². The third kappa shape index (κ3) is 4.17. The molecule has 0 saturated heterocycles. The summed E-state index contributed by atoms with van der Waals surface area (Å²) in [6.45, 7) is 0. The molecule has 0 aliphatic heterocycles. The molecular weight excluding hydrogens is 212 g/mol. The van der Waals surface area contributed by atoms with E-state index in [4.69, 9.17) is 10.3 Å². The van der Waals surface area contributed by atoms with Crippen LogP contribution in [0.3, 0.4) is 0 Å². The van der Waals surface area contributed by atoms with E-state index in [-0.39, 0.29) is 0 Å². The van der Waals surface area contributed by atoms with Gasteiger partial charge < -0.3 is 4.42 Å². The van der Waals surface area contributed by atoms with Gasteiger partial charge >= 0.3 is 0 Å². The topological polar surface area (TPSA) is 51.2 Å². The zero-order valence-electron chi connectivity index (χ0n) is 10.5. The van der Waals surface area contributed by atoms with Crippen molar-refractivity contribution in [1.29, 1.82) is 0 Å². The van der Waals surface area contributed by atoms with E-state index < -0.39 is 0 Å². The fourth-order valence-electron chi connectivity index (χ4n) is 2.88. The van der Waals surface area contributed by atoms with Crippen molar-refractivity contribution < 1.29 is 4.42 Å². The van der Waals surface area contributed by atoms with Gasteiger partial charge in [0.1, 0.15) is 5.76 Å². The Morgan fingerprint density at radius 3 is 2.65 bits per heavy atom. The highest BCUT2D eigenvalue weighted by Gasteiger charge is 2.18. The van der Waals surface area contributed by atoms with Crippen LogP contribution in [-0.2, 0) is 6.42 Å². The molecule has 0 amide bonds. The first-order valence-electron chi connectivity index (χ1n) is 6.87. The van der Waals surface area contributed by atoms with Crippen LogP contribution in [0.25, 0.3) is 0 Å². The van der Waals surface area contributed by atoms with Crippen LogP contribution >= 0.6 is 0 Å². The Bertz CT molecular complexity index is 289. The third-order valence-electron chi connectivity index (χ3n) is 3.86. The molecule has 1 heterocycles. The summed E-state index contributed by atoms with van der Waals surface area (Å²) in [5, 5.41) is 0. The molecule has 1 fully saturated rings. The average Bonchev–Trinajstić information content (AvgIpc) is 2.71. The smallest absolute Gasteiger partial charge is 0.105 e. The van der Waals surface area contributed by atoms with Gasteiger partial charge in [-0.2, -0.15) is 0 Å². The summed E-state index contributed by atoms with van der Waals surface area (Å²) >= 11 is 0. The van der Waals surface area contributed by atoms with Gasteiger partial charge in [0.25, 0.3) is 0 Å². The lowest BCUT2D eigenvalue weighted by molar-refractivity contribution is 0.338. The van der Waals surface area contributed by atoms with Crippen molar-refractivity contribution in [2.24, 2.45) is 11.8 Å². The van der Waals surface area contributed by atoms with E-state index in [0.29, 0.717) is 6.04 Å². The molecule has 3 heteroatoms. The van der Waals surface area contributed by atoms with Gasteiger partial charge in [-0.1, -0.05) is 38.5 Å². The normalized spacial score (nSPS) is 20.1. The van der Waals surface area contributed by atoms with E-state index in [9.17, 15) is 0 Å². The predicted octanol–water partition coefficient (Wildman–Crippen LogP) is 3.01. The Balaban J connectivity index is 1.81. The van der Waals surface area contributed by atoms with Crippen molar-refractivity contribution in [3.05, 3.63) is 24.2 Å². The highest BCUT2D eigenvalue weighted by atomic mass is 16.3. The molecule has 96 valence electrons.